The van der Waals surface area contributed by atoms with Crippen LogP contribution in [0.5, 0.6) is 0 Å². The van der Waals surface area contributed by atoms with Crippen LogP contribution in [0.1, 0.15) is 32.0 Å². The van der Waals surface area contributed by atoms with Crippen molar-refractivity contribution in [2.45, 2.75) is 33.2 Å². The smallest absolute Gasteiger partial charge is 0.329 e. The van der Waals surface area contributed by atoms with E-state index in [9.17, 15) is 9.59 Å². The molecule has 0 aliphatic rings. The maximum absolute atomic E-state index is 11.7. The summed E-state index contributed by atoms with van der Waals surface area (Å²) in [7, 11) is 0. The third-order valence-corrected chi connectivity index (χ3v) is 2.45. The summed E-state index contributed by atoms with van der Waals surface area (Å²) in [4.78, 5) is 23.4. The molecule has 0 aliphatic carbocycles. The molecule has 1 atom stereocenters. The molecule has 16 heavy (non-hydrogen) atoms. The second-order valence-corrected chi connectivity index (χ2v) is 3.55. The highest BCUT2D eigenvalue weighted by molar-refractivity contribution is 5.74. The van der Waals surface area contributed by atoms with Gasteiger partial charge in [-0.05, 0) is 26.3 Å². The number of carbonyl (C=O) groups excluding carboxylic acids is 1. The van der Waals surface area contributed by atoms with Crippen molar-refractivity contribution in [3.05, 3.63) is 34.2 Å². The molecule has 0 N–H and O–H groups in total. The average Bonchev–Trinajstić information content (AvgIpc) is 2.24. The highest BCUT2D eigenvalue weighted by Gasteiger charge is 2.21. The van der Waals surface area contributed by atoms with Crippen LogP contribution in [-0.2, 0) is 9.53 Å². The van der Waals surface area contributed by atoms with Crippen molar-refractivity contribution in [3.8, 4) is 0 Å². The van der Waals surface area contributed by atoms with Gasteiger partial charge in [0.1, 0.15) is 6.04 Å². The number of nitrogens with zero attached hydrogens (tertiary/aromatic N) is 1. The number of pyridine rings is 1. The lowest BCUT2D eigenvalue weighted by molar-refractivity contribution is -0.147. The molecule has 4 nitrogen and oxygen atoms in total. The summed E-state index contributed by atoms with van der Waals surface area (Å²) in [5, 5.41) is 0. The standard InChI is InChI=1S/C12H17NO3/c1-4-10(12(15)16-5-2)13-9(3)7-6-8-11(13)14/h6-8,10H,4-5H2,1-3H3. The Morgan fingerprint density at radius 2 is 2.12 bits per heavy atom. The first-order valence-corrected chi connectivity index (χ1v) is 5.46. The quantitative estimate of drug-likeness (QED) is 0.729. The summed E-state index contributed by atoms with van der Waals surface area (Å²) in [6.45, 7) is 5.75. The molecule has 0 amide bonds. The zero-order chi connectivity index (χ0) is 12.1. The first-order chi connectivity index (χ1) is 7.61. The van der Waals surface area contributed by atoms with E-state index in [0.717, 1.165) is 5.69 Å². The molecule has 0 radical (unpaired) electrons. The molecular formula is C12H17NO3. The van der Waals surface area contributed by atoms with Crippen LogP contribution in [0, 0.1) is 6.92 Å². The van der Waals surface area contributed by atoms with Gasteiger partial charge in [-0.2, -0.15) is 0 Å². The average molecular weight is 223 g/mol. The fraction of sp³-hybridized carbons (Fsp3) is 0.500. The molecule has 1 rings (SSSR count). The first kappa shape index (κ1) is 12.5. The third kappa shape index (κ3) is 2.51. The van der Waals surface area contributed by atoms with Gasteiger partial charge in [0.05, 0.1) is 6.61 Å². The van der Waals surface area contributed by atoms with Gasteiger partial charge < -0.3 is 4.74 Å². The number of ether oxygens (including phenoxy) is 1. The summed E-state index contributed by atoms with van der Waals surface area (Å²) in [5.41, 5.74) is 0.604. The number of esters is 1. The molecule has 1 aromatic heterocycles. The van der Waals surface area contributed by atoms with Crippen molar-refractivity contribution in [2.75, 3.05) is 6.61 Å². The van der Waals surface area contributed by atoms with Gasteiger partial charge in [-0.15, -0.1) is 0 Å². The lowest BCUT2D eigenvalue weighted by atomic mass is 10.2. The molecule has 1 unspecified atom stereocenters. The Kier molecular flexibility index (Phi) is 4.28. The van der Waals surface area contributed by atoms with Crippen molar-refractivity contribution < 1.29 is 9.53 Å². The minimum Gasteiger partial charge on any atom is -0.464 e. The van der Waals surface area contributed by atoms with Gasteiger partial charge in [0.15, 0.2) is 0 Å². The number of hydrogen-bond donors (Lipinski definition) is 0. The fourth-order valence-corrected chi connectivity index (χ4v) is 1.70. The summed E-state index contributed by atoms with van der Waals surface area (Å²) in [5.74, 6) is -0.346. The van der Waals surface area contributed by atoms with E-state index < -0.39 is 6.04 Å². The lowest BCUT2D eigenvalue weighted by Gasteiger charge is -2.18. The monoisotopic (exact) mass is 223 g/mol. The Balaban J connectivity index is 3.13. The van der Waals surface area contributed by atoms with E-state index in [1.807, 2.05) is 19.9 Å². The Bertz CT molecular complexity index is 423. The Hall–Kier alpha value is -1.58. The largest absolute Gasteiger partial charge is 0.464 e. The molecule has 4 heteroatoms. The maximum Gasteiger partial charge on any atom is 0.329 e. The van der Waals surface area contributed by atoms with Crippen molar-refractivity contribution in [2.24, 2.45) is 0 Å². The molecule has 1 heterocycles. The zero-order valence-electron chi connectivity index (χ0n) is 9.90. The van der Waals surface area contributed by atoms with Gasteiger partial charge in [-0.3, -0.25) is 9.36 Å². The van der Waals surface area contributed by atoms with Crippen molar-refractivity contribution in [1.29, 1.82) is 0 Å². The van der Waals surface area contributed by atoms with Gasteiger partial charge in [0.2, 0.25) is 0 Å². The Morgan fingerprint density at radius 1 is 1.44 bits per heavy atom. The fourth-order valence-electron chi connectivity index (χ4n) is 1.70. The predicted octanol–water partition coefficient (Wildman–Crippen LogP) is 1.67. The van der Waals surface area contributed by atoms with Crippen molar-refractivity contribution in [1.82, 2.24) is 4.57 Å². The molecule has 0 saturated heterocycles. The third-order valence-electron chi connectivity index (χ3n) is 2.45. The molecule has 1 aromatic rings. The first-order valence-electron chi connectivity index (χ1n) is 5.46. The zero-order valence-corrected chi connectivity index (χ0v) is 9.90. The van der Waals surface area contributed by atoms with Gasteiger partial charge >= 0.3 is 5.97 Å². The Morgan fingerprint density at radius 3 is 2.62 bits per heavy atom. The van der Waals surface area contributed by atoms with Crippen LogP contribution in [-0.4, -0.2) is 17.1 Å². The summed E-state index contributed by atoms with van der Waals surface area (Å²) in [6.07, 6.45) is 0.545. The van der Waals surface area contributed by atoms with Crippen molar-refractivity contribution in [3.63, 3.8) is 0 Å². The number of hydrogen-bond acceptors (Lipinski definition) is 3. The molecule has 0 spiro atoms. The van der Waals surface area contributed by atoms with Crippen LogP contribution in [0.3, 0.4) is 0 Å². The van der Waals surface area contributed by atoms with Gasteiger partial charge in [-0.1, -0.05) is 13.0 Å². The van der Waals surface area contributed by atoms with Crippen LogP contribution in [0.25, 0.3) is 0 Å². The van der Waals surface area contributed by atoms with Gasteiger partial charge in [0, 0.05) is 11.8 Å². The van der Waals surface area contributed by atoms with Crippen LogP contribution >= 0.6 is 0 Å². The molecular weight excluding hydrogens is 206 g/mol. The second kappa shape index (κ2) is 5.49. The minimum absolute atomic E-state index is 0.167. The summed E-state index contributed by atoms with van der Waals surface area (Å²) in [6, 6.07) is 4.43. The summed E-state index contributed by atoms with van der Waals surface area (Å²) < 4.78 is 6.44. The number of aromatic nitrogens is 1. The number of carbonyl (C=O) groups is 1. The highest BCUT2D eigenvalue weighted by atomic mass is 16.5. The lowest BCUT2D eigenvalue weighted by Crippen LogP contribution is -2.31. The van der Waals surface area contributed by atoms with Gasteiger partial charge in [-0.25, -0.2) is 4.79 Å². The van der Waals surface area contributed by atoms with E-state index in [4.69, 9.17) is 4.74 Å². The minimum atomic E-state index is -0.520. The Labute approximate surface area is 94.9 Å². The molecule has 0 aliphatic heterocycles. The highest BCUT2D eigenvalue weighted by Crippen LogP contribution is 2.13. The topological polar surface area (TPSA) is 48.3 Å². The van der Waals surface area contributed by atoms with Gasteiger partial charge in [0.25, 0.3) is 5.56 Å². The van der Waals surface area contributed by atoms with E-state index in [-0.39, 0.29) is 11.5 Å². The predicted molar refractivity (Wildman–Crippen MR) is 61.4 cm³/mol. The number of rotatable bonds is 4. The summed E-state index contributed by atoms with van der Waals surface area (Å²) >= 11 is 0. The van der Waals surface area contributed by atoms with E-state index in [0.29, 0.717) is 13.0 Å². The van der Waals surface area contributed by atoms with E-state index in [1.54, 1.807) is 13.0 Å². The van der Waals surface area contributed by atoms with Crippen LogP contribution < -0.4 is 5.56 Å². The van der Waals surface area contributed by atoms with E-state index in [1.165, 1.54) is 10.6 Å². The maximum atomic E-state index is 11.7. The van der Waals surface area contributed by atoms with E-state index in [2.05, 4.69) is 0 Å². The molecule has 88 valence electrons. The molecule has 0 bridgehead atoms. The van der Waals surface area contributed by atoms with Crippen LogP contribution in [0.4, 0.5) is 0 Å². The van der Waals surface area contributed by atoms with E-state index >= 15 is 0 Å². The van der Waals surface area contributed by atoms with Crippen LogP contribution in [0.2, 0.25) is 0 Å². The molecule has 0 fully saturated rings. The van der Waals surface area contributed by atoms with Crippen LogP contribution in [0.15, 0.2) is 23.0 Å². The normalized spacial score (nSPS) is 12.2. The SMILES string of the molecule is CCOC(=O)C(CC)n1c(C)cccc1=O. The van der Waals surface area contributed by atoms with Crippen molar-refractivity contribution >= 4 is 5.97 Å². The molecule has 0 aromatic carbocycles. The second-order valence-electron chi connectivity index (χ2n) is 3.55. The number of aryl methyl sites for hydroxylation is 1. The molecule has 0 saturated carbocycles.